The van der Waals surface area contributed by atoms with Crippen molar-refractivity contribution in [3.63, 3.8) is 0 Å². The van der Waals surface area contributed by atoms with Crippen LogP contribution >= 0.6 is 0 Å². The van der Waals surface area contributed by atoms with Crippen molar-refractivity contribution in [2.45, 2.75) is 25.1 Å². The van der Waals surface area contributed by atoms with Crippen molar-refractivity contribution in [2.24, 2.45) is 0 Å². The molecular weight excluding hydrogens is 383 g/mol. The van der Waals surface area contributed by atoms with Gasteiger partial charge in [-0.15, -0.1) is 10.2 Å². The number of aromatic amines is 1. The Morgan fingerprint density at radius 2 is 1.90 bits per heavy atom. The van der Waals surface area contributed by atoms with Crippen LogP contribution in [0.25, 0.3) is 22.0 Å². The highest BCUT2D eigenvalue weighted by molar-refractivity contribution is 5.99. The van der Waals surface area contributed by atoms with Crippen molar-refractivity contribution in [3.8, 4) is 11.3 Å². The van der Waals surface area contributed by atoms with E-state index < -0.39 is 17.4 Å². The summed E-state index contributed by atoms with van der Waals surface area (Å²) < 4.78 is 38.5. The molecule has 9 heteroatoms. The molecule has 3 heterocycles. The summed E-state index contributed by atoms with van der Waals surface area (Å²) in [6.07, 6.45) is -2.52. The molecule has 0 spiro atoms. The predicted molar refractivity (Wildman–Crippen MR) is 105 cm³/mol. The minimum atomic E-state index is -4.62. The van der Waals surface area contributed by atoms with Crippen molar-refractivity contribution in [1.82, 2.24) is 20.1 Å². The molecule has 29 heavy (non-hydrogen) atoms. The van der Waals surface area contributed by atoms with Crippen LogP contribution < -0.4 is 10.9 Å². The van der Waals surface area contributed by atoms with Gasteiger partial charge in [-0.25, -0.2) is 0 Å². The number of alkyl halides is 3. The van der Waals surface area contributed by atoms with E-state index in [0.717, 1.165) is 43.5 Å². The van der Waals surface area contributed by atoms with Crippen molar-refractivity contribution in [3.05, 3.63) is 52.4 Å². The molecule has 4 rings (SSSR count). The Morgan fingerprint density at radius 3 is 2.59 bits per heavy atom. The SMILES string of the molecule is CN1CCC[C@@H](Nc2nnc(-c3ccc(C(F)(F)F)[nH]c3=O)c3ccccc23)C1. The number of piperidine rings is 1. The minimum absolute atomic E-state index is 0.0469. The molecule has 1 aromatic carbocycles. The van der Waals surface area contributed by atoms with Crippen LogP contribution in [0, 0.1) is 0 Å². The van der Waals surface area contributed by atoms with Gasteiger partial charge in [0.15, 0.2) is 5.82 Å². The van der Waals surface area contributed by atoms with Crippen LogP contribution in [0.3, 0.4) is 0 Å². The van der Waals surface area contributed by atoms with Crippen molar-refractivity contribution >= 4 is 16.6 Å². The van der Waals surface area contributed by atoms with E-state index in [1.165, 1.54) is 0 Å². The van der Waals surface area contributed by atoms with Crippen LogP contribution in [0.2, 0.25) is 0 Å². The van der Waals surface area contributed by atoms with Gasteiger partial charge in [-0.3, -0.25) is 4.79 Å². The number of hydrogen-bond donors (Lipinski definition) is 2. The number of aromatic nitrogens is 3. The number of fused-ring (bicyclic) bond motifs is 1. The van der Waals surface area contributed by atoms with Crippen molar-refractivity contribution < 1.29 is 13.2 Å². The van der Waals surface area contributed by atoms with Gasteiger partial charge in [0, 0.05) is 23.4 Å². The first-order valence-electron chi connectivity index (χ1n) is 9.34. The fraction of sp³-hybridized carbons (Fsp3) is 0.350. The number of hydrogen-bond acceptors (Lipinski definition) is 5. The standard InChI is InChI=1S/C20H20F3N5O/c1-28-10-4-5-12(11-28)24-18-14-7-3-2-6-13(14)17(26-27-18)15-8-9-16(20(21,22)23)25-19(15)29/h2-3,6-9,12H,4-5,10-11H2,1H3,(H,24,27)(H,25,29)/t12-/m1/s1. The van der Waals surface area contributed by atoms with Crippen molar-refractivity contribution in [2.75, 3.05) is 25.5 Å². The van der Waals surface area contributed by atoms with Gasteiger partial charge >= 0.3 is 6.18 Å². The lowest BCUT2D eigenvalue weighted by Crippen LogP contribution is -2.40. The van der Waals surface area contributed by atoms with Crippen LogP contribution in [-0.2, 0) is 6.18 Å². The molecule has 1 saturated heterocycles. The Hall–Kier alpha value is -2.94. The fourth-order valence-electron chi connectivity index (χ4n) is 3.71. The smallest absolute Gasteiger partial charge is 0.364 e. The number of H-pyrrole nitrogens is 1. The van der Waals surface area contributed by atoms with E-state index in [-0.39, 0.29) is 17.3 Å². The molecule has 2 aromatic heterocycles. The zero-order valence-corrected chi connectivity index (χ0v) is 15.8. The predicted octanol–water partition coefficient (Wildman–Crippen LogP) is 3.51. The maximum Gasteiger partial charge on any atom is 0.431 e. The van der Waals surface area contributed by atoms with Gasteiger partial charge in [0.25, 0.3) is 5.56 Å². The molecule has 2 N–H and O–H groups in total. The second-order valence-electron chi connectivity index (χ2n) is 7.30. The van der Waals surface area contributed by atoms with Crippen LogP contribution in [-0.4, -0.2) is 46.3 Å². The number of likely N-dealkylation sites (tertiary alicyclic amines) is 1. The summed E-state index contributed by atoms with van der Waals surface area (Å²) in [5.74, 6) is 0.605. The highest BCUT2D eigenvalue weighted by Crippen LogP contribution is 2.31. The number of benzene rings is 1. The monoisotopic (exact) mass is 403 g/mol. The van der Waals surface area contributed by atoms with Gasteiger partial charge in [-0.2, -0.15) is 13.2 Å². The summed E-state index contributed by atoms with van der Waals surface area (Å²) in [6.45, 7) is 1.94. The molecule has 6 nitrogen and oxygen atoms in total. The summed E-state index contributed by atoms with van der Waals surface area (Å²) in [7, 11) is 2.07. The van der Waals surface area contributed by atoms with E-state index in [0.29, 0.717) is 11.2 Å². The highest BCUT2D eigenvalue weighted by atomic mass is 19.4. The first-order chi connectivity index (χ1) is 13.8. The number of halogens is 3. The topological polar surface area (TPSA) is 73.9 Å². The van der Waals surface area contributed by atoms with Gasteiger partial charge in [-0.05, 0) is 38.6 Å². The Labute approximate surface area is 164 Å². The minimum Gasteiger partial charge on any atom is -0.364 e. The number of pyridine rings is 1. The number of rotatable bonds is 3. The molecule has 152 valence electrons. The first-order valence-corrected chi connectivity index (χ1v) is 9.34. The van der Waals surface area contributed by atoms with E-state index in [1.54, 1.807) is 12.1 Å². The van der Waals surface area contributed by atoms with E-state index in [1.807, 2.05) is 17.1 Å². The van der Waals surface area contributed by atoms with E-state index in [2.05, 4.69) is 27.5 Å². The molecule has 0 aliphatic carbocycles. The molecule has 1 fully saturated rings. The summed E-state index contributed by atoms with van der Waals surface area (Å²) >= 11 is 0. The zero-order valence-electron chi connectivity index (χ0n) is 15.8. The molecule has 0 unspecified atom stereocenters. The molecule has 0 bridgehead atoms. The van der Waals surface area contributed by atoms with Gasteiger partial charge in [0.1, 0.15) is 11.4 Å². The number of anilines is 1. The van der Waals surface area contributed by atoms with E-state index in [4.69, 9.17) is 0 Å². The van der Waals surface area contributed by atoms with Gasteiger partial charge in [-0.1, -0.05) is 24.3 Å². The van der Waals surface area contributed by atoms with Crippen LogP contribution in [0.5, 0.6) is 0 Å². The number of nitrogens with one attached hydrogen (secondary N) is 2. The van der Waals surface area contributed by atoms with E-state index >= 15 is 0 Å². The quantitative estimate of drug-likeness (QED) is 0.700. The second kappa shape index (κ2) is 7.47. The summed E-state index contributed by atoms with van der Waals surface area (Å²) in [5.41, 5.74) is -1.65. The van der Waals surface area contributed by atoms with Gasteiger partial charge in [0.2, 0.25) is 0 Å². The van der Waals surface area contributed by atoms with Crippen molar-refractivity contribution in [1.29, 1.82) is 0 Å². The Bertz CT molecular complexity index is 1100. The number of nitrogens with zero attached hydrogens (tertiary/aromatic N) is 3. The third-order valence-corrected chi connectivity index (χ3v) is 5.12. The van der Waals surface area contributed by atoms with E-state index in [9.17, 15) is 18.0 Å². The maximum absolute atomic E-state index is 12.8. The van der Waals surface area contributed by atoms with Crippen LogP contribution in [0.1, 0.15) is 18.5 Å². The summed E-state index contributed by atoms with van der Waals surface area (Å²) in [5, 5.41) is 13.3. The fourth-order valence-corrected chi connectivity index (χ4v) is 3.71. The summed E-state index contributed by atoms with van der Waals surface area (Å²) in [6, 6.07) is 9.51. The Kier molecular flexibility index (Phi) is 4.99. The maximum atomic E-state index is 12.8. The Morgan fingerprint density at radius 1 is 1.14 bits per heavy atom. The molecule has 0 amide bonds. The lowest BCUT2D eigenvalue weighted by Gasteiger charge is -2.30. The molecular formula is C20H20F3N5O. The lowest BCUT2D eigenvalue weighted by atomic mass is 10.0. The second-order valence-corrected chi connectivity index (χ2v) is 7.30. The Balaban J connectivity index is 1.75. The molecule has 0 saturated carbocycles. The third kappa shape index (κ3) is 3.95. The summed E-state index contributed by atoms with van der Waals surface area (Å²) in [4.78, 5) is 16.5. The molecule has 1 aliphatic heterocycles. The average Bonchev–Trinajstić information content (AvgIpc) is 2.68. The van der Waals surface area contributed by atoms with Crippen LogP contribution in [0.15, 0.2) is 41.2 Å². The average molecular weight is 403 g/mol. The van der Waals surface area contributed by atoms with Gasteiger partial charge in [0.05, 0.1) is 5.56 Å². The first kappa shape index (κ1) is 19.4. The highest BCUT2D eigenvalue weighted by Gasteiger charge is 2.32. The molecule has 1 aliphatic rings. The largest absolute Gasteiger partial charge is 0.431 e. The van der Waals surface area contributed by atoms with Gasteiger partial charge < -0.3 is 15.2 Å². The molecule has 3 aromatic rings. The zero-order chi connectivity index (χ0) is 20.6. The molecule has 0 radical (unpaired) electrons. The van der Waals surface area contributed by atoms with Crippen LogP contribution in [0.4, 0.5) is 19.0 Å². The third-order valence-electron chi connectivity index (χ3n) is 5.12. The normalized spacial score (nSPS) is 18.1. The number of likely N-dealkylation sites (N-methyl/N-ethyl adjacent to an activating group) is 1. The molecule has 1 atom stereocenters. The lowest BCUT2D eigenvalue weighted by molar-refractivity contribution is -0.141.